The predicted molar refractivity (Wildman–Crippen MR) is 91.0 cm³/mol. The van der Waals surface area contributed by atoms with Crippen LogP contribution in [-0.2, 0) is 9.84 Å². The molecule has 1 unspecified atom stereocenters. The van der Waals surface area contributed by atoms with E-state index in [0.717, 1.165) is 6.07 Å². The number of hydrogen-bond donors (Lipinski definition) is 0. The summed E-state index contributed by atoms with van der Waals surface area (Å²) < 4.78 is 23.5. The topological polar surface area (TPSA) is 97.6 Å². The molecule has 1 amide bonds. The lowest BCUT2D eigenvalue weighted by molar-refractivity contribution is -0.384. The van der Waals surface area contributed by atoms with E-state index in [-0.39, 0.29) is 33.7 Å². The van der Waals surface area contributed by atoms with Gasteiger partial charge in [-0.05, 0) is 24.5 Å². The summed E-state index contributed by atoms with van der Waals surface area (Å²) in [5.74, 6) is -0.285. The van der Waals surface area contributed by atoms with Crippen LogP contribution >= 0.6 is 11.6 Å². The number of carbonyl (C=O) groups excluding carboxylic acids is 1. The van der Waals surface area contributed by atoms with E-state index < -0.39 is 26.7 Å². The molecule has 0 N–H and O–H groups in total. The quantitative estimate of drug-likeness (QED) is 0.582. The van der Waals surface area contributed by atoms with E-state index in [1.807, 2.05) is 13.8 Å². The molecule has 7 nitrogen and oxygen atoms in total. The summed E-state index contributed by atoms with van der Waals surface area (Å²) >= 11 is 5.78. The monoisotopic (exact) mass is 374 g/mol. The lowest BCUT2D eigenvalue weighted by Gasteiger charge is -2.30. The maximum atomic E-state index is 12.8. The van der Waals surface area contributed by atoms with Crippen LogP contribution in [0.5, 0.6) is 0 Å². The molecule has 1 aromatic carbocycles. The summed E-state index contributed by atoms with van der Waals surface area (Å²) in [4.78, 5) is 24.7. The van der Waals surface area contributed by atoms with Gasteiger partial charge in [-0.1, -0.05) is 25.4 Å². The van der Waals surface area contributed by atoms with Crippen molar-refractivity contribution in [1.29, 1.82) is 0 Å². The molecular formula is C15H19ClN2O5S. The van der Waals surface area contributed by atoms with Crippen molar-refractivity contribution in [3.8, 4) is 0 Å². The molecule has 0 aliphatic carbocycles. The minimum absolute atomic E-state index is 0.0459. The van der Waals surface area contributed by atoms with Gasteiger partial charge in [0.15, 0.2) is 9.84 Å². The SMILES string of the molecule is CC(C)CN(C(=O)c1ccc(Cl)c([N+](=O)[O-])c1)C1CCS(=O)(=O)C1. The first-order valence-electron chi connectivity index (χ1n) is 7.56. The maximum Gasteiger partial charge on any atom is 0.288 e. The van der Waals surface area contributed by atoms with E-state index in [1.54, 1.807) is 0 Å². The Kier molecular flexibility index (Phi) is 5.49. The number of carbonyl (C=O) groups is 1. The van der Waals surface area contributed by atoms with Crippen molar-refractivity contribution in [3.05, 3.63) is 38.9 Å². The Labute approximate surface area is 145 Å². The van der Waals surface area contributed by atoms with Crippen molar-refractivity contribution < 1.29 is 18.1 Å². The van der Waals surface area contributed by atoms with Crippen molar-refractivity contribution in [1.82, 2.24) is 4.90 Å². The van der Waals surface area contributed by atoms with Crippen molar-refractivity contribution in [2.45, 2.75) is 26.3 Å². The Morgan fingerprint density at radius 3 is 2.62 bits per heavy atom. The molecule has 1 aliphatic heterocycles. The number of nitro groups is 1. The van der Waals surface area contributed by atoms with Gasteiger partial charge in [0.2, 0.25) is 0 Å². The second-order valence-corrected chi connectivity index (χ2v) is 8.97. The number of halogens is 1. The summed E-state index contributed by atoms with van der Waals surface area (Å²) in [5, 5.41) is 11.0. The van der Waals surface area contributed by atoms with E-state index >= 15 is 0 Å². The highest BCUT2D eigenvalue weighted by Gasteiger charge is 2.35. The van der Waals surface area contributed by atoms with Crippen molar-refractivity contribution in [2.24, 2.45) is 5.92 Å². The lowest BCUT2D eigenvalue weighted by atomic mass is 10.1. The van der Waals surface area contributed by atoms with Gasteiger partial charge in [-0.15, -0.1) is 0 Å². The number of nitro benzene ring substituents is 1. The number of amides is 1. The molecular weight excluding hydrogens is 356 g/mol. The minimum Gasteiger partial charge on any atom is -0.334 e. The van der Waals surface area contributed by atoms with Crippen LogP contribution in [0.2, 0.25) is 5.02 Å². The lowest BCUT2D eigenvalue weighted by Crippen LogP contribution is -2.43. The molecule has 1 fully saturated rings. The third-order valence-electron chi connectivity index (χ3n) is 3.86. The Morgan fingerprint density at radius 1 is 1.46 bits per heavy atom. The number of sulfone groups is 1. The van der Waals surface area contributed by atoms with Crippen LogP contribution in [0, 0.1) is 16.0 Å². The average Bonchev–Trinajstić information content (AvgIpc) is 2.84. The molecule has 1 aliphatic rings. The van der Waals surface area contributed by atoms with Crippen LogP contribution in [0.3, 0.4) is 0 Å². The molecule has 0 radical (unpaired) electrons. The summed E-state index contributed by atoms with van der Waals surface area (Å²) in [6.07, 6.45) is 0.385. The fraction of sp³-hybridized carbons (Fsp3) is 0.533. The Hall–Kier alpha value is -1.67. The first-order valence-corrected chi connectivity index (χ1v) is 9.76. The van der Waals surface area contributed by atoms with Crippen LogP contribution in [0.1, 0.15) is 30.6 Å². The Morgan fingerprint density at radius 2 is 2.12 bits per heavy atom. The van der Waals surface area contributed by atoms with E-state index in [9.17, 15) is 23.3 Å². The fourth-order valence-corrected chi connectivity index (χ4v) is 4.68. The zero-order chi connectivity index (χ0) is 18.1. The van der Waals surface area contributed by atoms with Gasteiger partial charge >= 0.3 is 0 Å². The maximum absolute atomic E-state index is 12.8. The van der Waals surface area contributed by atoms with Crippen LogP contribution in [0.25, 0.3) is 0 Å². The smallest absolute Gasteiger partial charge is 0.288 e. The van der Waals surface area contributed by atoms with Gasteiger partial charge in [-0.3, -0.25) is 14.9 Å². The van der Waals surface area contributed by atoms with E-state index in [4.69, 9.17) is 11.6 Å². The van der Waals surface area contributed by atoms with Gasteiger partial charge in [0.1, 0.15) is 5.02 Å². The molecule has 1 heterocycles. The van der Waals surface area contributed by atoms with Crippen LogP contribution in [0.15, 0.2) is 18.2 Å². The van der Waals surface area contributed by atoms with Gasteiger partial charge in [-0.2, -0.15) is 0 Å². The van der Waals surface area contributed by atoms with Crippen molar-refractivity contribution >= 4 is 33.0 Å². The number of hydrogen-bond acceptors (Lipinski definition) is 5. The van der Waals surface area contributed by atoms with Gasteiger partial charge in [0.05, 0.1) is 16.4 Å². The zero-order valence-electron chi connectivity index (χ0n) is 13.4. The van der Waals surface area contributed by atoms with Crippen molar-refractivity contribution in [3.63, 3.8) is 0 Å². The Bertz CT molecular complexity index is 763. The molecule has 24 heavy (non-hydrogen) atoms. The summed E-state index contributed by atoms with van der Waals surface area (Å²) in [6, 6.07) is 3.47. The summed E-state index contributed by atoms with van der Waals surface area (Å²) in [5.41, 5.74) is -0.206. The van der Waals surface area contributed by atoms with Crippen LogP contribution in [-0.4, -0.2) is 48.2 Å². The molecule has 132 valence electrons. The second kappa shape index (κ2) is 7.06. The van der Waals surface area contributed by atoms with Gasteiger partial charge in [0, 0.05) is 24.2 Å². The predicted octanol–water partition coefficient (Wildman–Crippen LogP) is 2.53. The Balaban J connectivity index is 2.34. The third-order valence-corrected chi connectivity index (χ3v) is 5.93. The van der Waals surface area contributed by atoms with E-state index in [1.165, 1.54) is 17.0 Å². The van der Waals surface area contributed by atoms with Crippen LogP contribution < -0.4 is 0 Å². The summed E-state index contributed by atoms with van der Waals surface area (Å²) in [6.45, 7) is 4.23. The van der Waals surface area contributed by atoms with Crippen LogP contribution in [0.4, 0.5) is 5.69 Å². The average molecular weight is 375 g/mol. The third kappa shape index (κ3) is 4.24. The van der Waals surface area contributed by atoms with Gasteiger partial charge in [-0.25, -0.2) is 8.42 Å². The first kappa shape index (κ1) is 18.7. The minimum atomic E-state index is -3.14. The molecule has 0 bridgehead atoms. The molecule has 0 saturated carbocycles. The molecule has 9 heteroatoms. The molecule has 2 rings (SSSR count). The highest BCUT2D eigenvalue weighted by Crippen LogP contribution is 2.27. The normalized spacial score (nSPS) is 19.4. The number of rotatable bonds is 5. The molecule has 1 saturated heterocycles. The first-order chi connectivity index (χ1) is 11.1. The second-order valence-electron chi connectivity index (χ2n) is 6.33. The molecule has 0 aromatic heterocycles. The highest BCUT2D eigenvalue weighted by molar-refractivity contribution is 7.91. The highest BCUT2D eigenvalue weighted by atomic mass is 35.5. The van der Waals surface area contributed by atoms with Crippen molar-refractivity contribution in [2.75, 3.05) is 18.1 Å². The van der Waals surface area contributed by atoms with Gasteiger partial charge < -0.3 is 4.90 Å². The largest absolute Gasteiger partial charge is 0.334 e. The molecule has 0 spiro atoms. The zero-order valence-corrected chi connectivity index (χ0v) is 15.0. The van der Waals surface area contributed by atoms with Gasteiger partial charge in [0.25, 0.3) is 11.6 Å². The molecule has 1 atom stereocenters. The molecule has 1 aromatic rings. The standard InChI is InChI=1S/C15H19ClN2O5S/c1-10(2)8-17(12-5-6-24(22,23)9-12)15(19)11-3-4-13(16)14(7-11)18(20)21/h3-4,7,10,12H,5-6,8-9H2,1-2H3. The number of nitrogens with zero attached hydrogens (tertiary/aromatic N) is 2. The van der Waals surface area contributed by atoms with E-state index in [0.29, 0.717) is 13.0 Å². The number of benzene rings is 1. The fourth-order valence-electron chi connectivity index (χ4n) is 2.76. The van der Waals surface area contributed by atoms with E-state index in [2.05, 4.69) is 0 Å². The summed E-state index contributed by atoms with van der Waals surface area (Å²) in [7, 11) is -3.14.